The van der Waals surface area contributed by atoms with Crippen molar-refractivity contribution in [2.24, 2.45) is 10.5 Å². The summed E-state index contributed by atoms with van der Waals surface area (Å²) in [6.07, 6.45) is 5.81. The molecule has 0 radical (unpaired) electrons. The van der Waals surface area contributed by atoms with Crippen molar-refractivity contribution >= 4 is 22.3 Å². The van der Waals surface area contributed by atoms with Crippen molar-refractivity contribution in [2.75, 3.05) is 0 Å². The van der Waals surface area contributed by atoms with Gasteiger partial charge in [-0.2, -0.15) is 13.5 Å². The smallest absolute Gasteiger partial charge is 0.200 e. The van der Waals surface area contributed by atoms with Crippen LogP contribution in [0.25, 0.3) is 6.08 Å². The van der Waals surface area contributed by atoms with Crippen LogP contribution in [0.4, 0.5) is 0 Å². The molecule has 0 amide bonds. The predicted molar refractivity (Wildman–Crippen MR) is 107 cm³/mol. The van der Waals surface area contributed by atoms with Gasteiger partial charge in [-0.3, -0.25) is 0 Å². The predicted octanol–water partition coefficient (Wildman–Crippen LogP) is 4.32. The van der Waals surface area contributed by atoms with Gasteiger partial charge >= 0.3 is 0 Å². The van der Waals surface area contributed by atoms with Crippen LogP contribution in [0.5, 0.6) is 0 Å². The first-order chi connectivity index (χ1) is 12.3. The van der Waals surface area contributed by atoms with Crippen LogP contribution in [0, 0.1) is 12.3 Å². The Hall–Kier alpha value is -2.40. The van der Waals surface area contributed by atoms with Crippen LogP contribution in [0.1, 0.15) is 37.0 Å². The molecule has 0 atom stereocenters. The Labute approximate surface area is 155 Å². The van der Waals surface area contributed by atoms with E-state index in [2.05, 4.69) is 48.1 Å². The number of rotatable bonds is 5. The average molecular weight is 369 g/mol. The lowest BCUT2D eigenvalue weighted by Crippen LogP contribution is -2.23. The summed E-state index contributed by atoms with van der Waals surface area (Å²) in [5, 5.41) is 4.04. The molecule has 0 heterocycles. The minimum Gasteiger partial charge on any atom is -0.200 e. The van der Waals surface area contributed by atoms with E-state index in [9.17, 15) is 8.42 Å². The third-order valence-electron chi connectivity index (χ3n) is 4.77. The van der Waals surface area contributed by atoms with Crippen molar-refractivity contribution < 1.29 is 8.42 Å². The Kier molecular flexibility index (Phi) is 5.01. The van der Waals surface area contributed by atoms with E-state index in [1.165, 1.54) is 16.7 Å². The summed E-state index contributed by atoms with van der Waals surface area (Å²) in [5.74, 6) is 0. The largest absolute Gasteiger partial charge is 0.276 e. The van der Waals surface area contributed by atoms with E-state index in [0.29, 0.717) is 0 Å². The highest BCUT2D eigenvalue weighted by atomic mass is 32.2. The van der Waals surface area contributed by atoms with Gasteiger partial charge in [-0.1, -0.05) is 67.5 Å². The third kappa shape index (κ3) is 4.05. The first-order valence-corrected chi connectivity index (χ1v) is 10.2. The van der Waals surface area contributed by atoms with E-state index in [1.807, 2.05) is 13.0 Å². The number of aryl methyl sites for hydroxylation is 2. The van der Waals surface area contributed by atoms with Gasteiger partial charge in [-0.25, -0.2) is 4.83 Å². The monoisotopic (exact) mass is 368 g/mol. The SMILES string of the molecule is Cc1ccc(S(=O)(=O)N/N=C/C(C)(C)C2=Cc3ccccc3CC2)cc1. The van der Waals surface area contributed by atoms with Gasteiger partial charge in [-0.05, 0) is 43.0 Å². The molecule has 3 rings (SSSR count). The number of allylic oxidation sites excluding steroid dienone is 1. The molecule has 0 aliphatic heterocycles. The zero-order valence-electron chi connectivity index (χ0n) is 15.4. The molecule has 0 unspecified atom stereocenters. The minimum absolute atomic E-state index is 0.212. The summed E-state index contributed by atoms with van der Waals surface area (Å²) < 4.78 is 24.7. The van der Waals surface area contributed by atoms with Crippen molar-refractivity contribution in [2.45, 2.75) is 38.5 Å². The molecule has 0 bridgehead atoms. The Morgan fingerprint density at radius 1 is 1.04 bits per heavy atom. The average Bonchev–Trinajstić information content (AvgIpc) is 2.61. The topological polar surface area (TPSA) is 58.5 Å². The van der Waals surface area contributed by atoms with Crippen molar-refractivity contribution in [1.29, 1.82) is 0 Å². The van der Waals surface area contributed by atoms with Crippen molar-refractivity contribution in [3.05, 3.63) is 70.8 Å². The number of benzene rings is 2. The van der Waals surface area contributed by atoms with Crippen LogP contribution < -0.4 is 4.83 Å². The Morgan fingerprint density at radius 2 is 1.73 bits per heavy atom. The molecule has 2 aromatic rings. The van der Waals surface area contributed by atoms with Gasteiger partial charge in [0.15, 0.2) is 0 Å². The van der Waals surface area contributed by atoms with Gasteiger partial charge in [0, 0.05) is 11.6 Å². The van der Waals surface area contributed by atoms with Gasteiger partial charge in [0.25, 0.3) is 10.0 Å². The molecule has 0 saturated heterocycles. The molecule has 26 heavy (non-hydrogen) atoms. The van der Waals surface area contributed by atoms with Crippen molar-refractivity contribution in [3.8, 4) is 0 Å². The fourth-order valence-corrected chi connectivity index (χ4v) is 3.84. The highest BCUT2D eigenvalue weighted by molar-refractivity contribution is 7.89. The summed E-state index contributed by atoms with van der Waals surface area (Å²) in [6.45, 7) is 6.02. The maximum Gasteiger partial charge on any atom is 0.276 e. The molecule has 1 aliphatic carbocycles. The molecule has 2 aromatic carbocycles. The first-order valence-electron chi connectivity index (χ1n) is 8.70. The van der Waals surface area contributed by atoms with Gasteiger partial charge in [0.2, 0.25) is 0 Å². The van der Waals surface area contributed by atoms with Crippen LogP contribution in [0.2, 0.25) is 0 Å². The number of hydrazone groups is 1. The Morgan fingerprint density at radius 3 is 2.46 bits per heavy atom. The lowest BCUT2D eigenvalue weighted by molar-refractivity contribution is 0.580. The van der Waals surface area contributed by atoms with E-state index in [4.69, 9.17) is 0 Å². The maximum absolute atomic E-state index is 12.3. The number of hydrogen-bond acceptors (Lipinski definition) is 3. The van der Waals surface area contributed by atoms with Gasteiger partial charge in [-0.15, -0.1) is 0 Å². The van der Waals surface area contributed by atoms with Crippen LogP contribution in [-0.2, 0) is 16.4 Å². The zero-order chi connectivity index (χ0) is 18.8. The highest BCUT2D eigenvalue weighted by Gasteiger charge is 2.24. The molecule has 4 nitrogen and oxygen atoms in total. The second kappa shape index (κ2) is 7.08. The summed E-state index contributed by atoms with van der Waals surface area (Å²) in [7, 11) is -3.65. The Bertz CT molecular complexity index is 956. The second-order valence-corrected chi connectivity index (χ2v) is 8.92. The quantitative estimate of drug-likeness (QED) is 0.631. The minimum atomic E-state index is -3.65. The van der Waals surface area contributed by atoms with Crippen molar-refractivity contribution in [1.82, 2.24) is 4.83 Å². The standard InChI is InChI=1S/C21H24N2O2S/c1-16-8-12-20(13-9-16)26(24,25)23-22-15-21(2,3)19-11-10-17-6-4-5-7-18(17)14-19/h4-9,12-15,23H,10-11H2,1-3H3/b22-15+. The Balaban J connectivity index is 1.75. The number of sulfonamides is 1. The summed E-state index contributed by atoms with van der Waals surface area (Å²) in [5.41, 5.74) is 4.51. The molecule has 136 valence electrons. The fourth-order valence-electron chi connectivity index (χ4n) is 3.05. The maximum atomic E-state index is 12.3. The number of nitrogens with zero attached hydrogens (tertiary/aromatic N) is 1. The molecule has 5 heteroatoms. The van der Waals surface area contributed by atoms with Gasteiger partial charge in [0.05, 0.1) is 4.90 Å². The molecular weight excluding hydrogens is 344 g/mol. The number of hydrogen-bond donors (Lipinski definition) is 1. The normalized spacial score (nSPS) is 14.8. The van der Waals surface area contributed by atoms with Crippen LogP contribution in [-0.4, -0.2) is 14.6 Å². The fraction of sp³-hybridized carbons (Fsp3) is 0.286. The third-order valence-corrected chi connectivity index (χ3v) is 6.01. The highest BCUT2D eigenvalue weighted by Crippen LogP contribution is 2.34. The van der Waals surface area contributed by atoms with Gasteiger partial charge in [0.1, 0.15) is 0 Å². The van der Waals surface area contributed by atoms with E-state index in [0.717, 1.165) is 18.4 Å². The molecule has 0 fully saturated rings. The number of nitrogens with one attached hydrogen (secondary N) is 1. The van der Waals surface area contributed by atoms with Crippen LogP contribution in [0.3, 0.4) is 0 Å². The first kappa shape index (κ1) is 18.4. The van der Waals surface area contributed by atoms with Gasteiger partial charge < -0.3 is 0 Å². The van der Waals surface area contributed by atoms with E-state index in [-0.39, 0.29) is 10.3 Å². The summed E-state index contributed by atoms with van der Waals surface area (Å²) in [4.78, 5) is 2.54. The molecule has 0 saturated carbocycles. The molecular formula is C21H24N2O2S. The number of fused-ring (bicyclic) bond motifs is 1. The lowest BCUT2D eigenvalue weighted by Gasteiger charge is -2.27. The summed E-state index contributed by atoms with van der Waals surface area (Å²) >= 11 is 0. The van der Waals surface area contributed by atoms with Crippen molar-refractivity contribution in [3.63, 3.8) is 0 Å². The van der Waals surface area contributed by atoms with Crippen LogP contribution >= 0.6 is 0 Å². The molecule has 1 aliphatic rings. The van der Waals surface area contributed by atoms with Crippen LogP contribution in [0.15, 0.2) is 64.1 Å². The lowest BCUT2D eigenvalue weighted by atomic mass is 9.78. The summed E-state index contributed by atoms with van der Waals surface area (Å²) in [6, 6.07) is 15.1. The molecule has 0 aromatic heterocycles. The molecule has 1 N–H and O–H groups in total. The van der Waals surface area contributed by atoms with E-state index in [1.54, 1.807) is 30.5 Å². The van der Waals surface area contributed by atoms with E-state index < -0.39 is 10.0 Å². The zero-order valence-corrected chi connectivity index (χ0v) is 16.2. The molecule has 0 spiro atoms. The van der Waals surface area contributed by atoms with E-state index >= 15 is 0 Å². The second-order valence-electron chi connectivity index (χ2n) is 7.26.